The molecule has 1 aliphatic carbocycles. The summed E-state index contributed by atoms with van der Waals surface area (Å²) in [6.07, 6.45) is 2.77. The molecule has 1 saturated carbocycles. The number of ether oxygens (including phenoxy) is 1. The minimum atomic E-state index is -0.0721. The number of fused-ring (bicyclic) bond motifs is 1. The molecule has 3 rings (SSSR count). The molecule has 1 heterocycles. The maximum atomic E-state index is 9.33. The van der Waals surface area contributed by atoms with Gasteiger partial charge in [0.25, 0.3) is 0 Å². The van der Waals surface area contributed by atoms with E-state index >= 15 is 0 Å². The van der Waals surface area contributed by atoms with Gasteiger partial charge in [0, 0.05) is 30.1 Å². The van der Waals surface area contributed by atoms with E-state index in [0.29, 0.717) is 5.92 Å². The maximum absolute atomic E-state index is 9.33. The Kier molecular flexibility index (Phi) is 3.70. The Bertz CT molecular complexity index is 471. The molecule has 4 heteroatoms. The molecule has 1 aliphatic heterocycles. The van der Waals surface area contributed by atoms with Crippen LogP contribution >= 0.6 is 11.6 Å². The predicted molar refractivity (Wildman–Crippen MR) is 75.7 cm³/mol. The first-order chi connectivity index (χ1) is 9.11. The van der Waals surface area contributed by atoms with Crippen molar-refractivity contribution < 1.29 is 9.84 Å². The first-order valence-corrected chi connectivity index (χ1v) is 7.30. The topological polar surface area (TPSA) is 32.7 Å². The van der Waals surface area contributed by atoms with Gasteiger partial charge in [-0.1, -0.05) is 11.6 Å². The standard InChI is InChI=1S/C15H20ClNO2/c1-17(8-10-4-14(18)5-10)9-12-7-13(16)6-11-2-3-19-15(11)12/h6-7,10,14,18H,2-5,8-9H2,1H3. The van der Waals surface area contributed by atoms with Crippen LogP contribution in [0.1, 0.15) is 24.0 Å². The van der Waals surface area contributed by atoms with Crippen molar-refractivity contribution in [2.75, 3.05) is 20.2 Å². The van der Waals surface area contributed by atoms with Crippen molar-refractivity contribution in [1.29, 1.82) is 0 Å². The second-order valence-electron chi connectivity index (χ2n) is 5.84. The summed E-state index contributed by atoms with van der Waals surface area (Å²) in [5.74, 6) is 1.66. The van der Waals surface area contributed by atoms with Crippen molar-refractivity contribution in [3.8, 4) is 5.75 Å². The van der Waals surface area contributed by atoms with Crippen LogP contribution in [-0.2, 0) is 13.0 Å². The Morgan fingerprint density at radius 2 is 2.21 bits per heavy atom. The van der Waals surface area contributed by atoms with E-state index in [-0.39, 0.29) is 6.10 Å². The van der Waals surface area contributed by atoms with Gasteiger partial charge in [-0.3, -0.25) is 0 Å². The summed E-state index contributed by atoms with van der Waals surface area (Å²) < 4.78 is 5.72. The lowest BCUT2D eigenvalue weighted by Crippen LogP contribution is -2.36. The van der Waals surface area contributed by atoms with E-state index in [9.17, 15) is 5.11 Å². The molecule has 0 bridgehead atoms. The van der Waals surface area contributed by atoms with Crippen LogP contribution in [0.15, 0.2) is 12.1 Å². The number of halogens is 1. The number of aliphatic hydroxyl groups is 1. The Morgan fingerprint density at radius 1 is 1.42 bits per heavy atom. The zero-order valence-corrected chi connectivity index (χ0v) is 12.0. The van der Waals surface area contributed by atoms with Gasteiger partial charge in [0.15, 0.2) is 0 Å². The van der Waals surface area contributed by atoms with Crippen molar-refractivity contribution in [1.82, 2.24) is 4.90 Å². The molecule has 0 atom stereocenters. The molecule has 0 radical (unpaired) electrons. The Morgan fingerprint density at radius 3 is 2.95 bits per heavy atom. The van der Waals surface area contributed by atoms with Crippen molar-refractivity contribution >= 4 is 11.6 Å². The number of hydrogen-bond acceptors (Lipinski definition) is 3. The van der Waals surface area contributed by atoms with Gasteiger partial charge in [-0.15, -0.1) is 0 Å². The quantitative estimate of drug-likeness (QED) is 0.920. The predicted octanol–water partition coefficient (Wildman–Crippen LogP) is 2.48. The van der Waals surface area contributed by atoms with E-state index in [1.54, 1.807) is 0 Å². The molecular weight excluding hydrogens is 262 g/mol. The maximum Gasteiger partial charge on any atom is 0.127 e. The van der Waals surface area contributed by atoms with Crippen LogP contribution in [0.4, 0.5) is 0 Å². The SMILES string of the molecule is CN(Cc1cc(Cl)cc2c1OCC2)CC1CC(O)C1. The second-order valence-corrected chi connectivity index (χ2v) is 6.28. The van der Waals surface area contributed by atoms with E-state index in [1.807, 2.05) is 12.1 Å². The average molecular weight is 282 g/mol. The molecule has 19 heavy (non-hydrogen) atoms. The number of aliphatic hydroxyl groups excluding tert-OH is 1. The lowest BCUT2D eigenvalue weighted by molar-refractivity contribution is 0.0273. The van der Waals surface area contributed by atoms with E-state index in [2.05, 4.69) is 11.9 Å². The fourth-order valence-corrected chi connectivity index (χ4v) is 3.37. The third-order valence-electron chi connectivity index (χ3n) is 4.05. The van der Waals surface area contributed by atoms with Gasteiger partial charge in [0.2, 0.25) is 0 Å². The first kappa shape index (κ1) is 13.2. The van der Waals surface area contributed by atoms with Crippen LogP contribution in [0.5, 0.6) is 5.75 Å². The molecule has 1 fully saturated rings. The lowest BCUT2D eigenvalue weighted by atomic mass is 9.82. The molecule has 0 amide bonds. The lowest BCUT2D eigenvalue weighted by Gasteiger charge is -2.34. The monoisotopic (exact) mass is 281 g/mol. The zero-order chi connectivity index (χ0) is 13.4. The third-order valence-corrected chi connectivity index (χ3v) is 4.26. The van der Waals surface area contributed by atoms with Gasteiger partial charge in [-0.2, -0.15) is 0 Å². The van der Waals surface area contributed by atoms with Gasteiger partial charge in [-0.05, 0) is 43.5 Å². The zero-order valence-electron chi connectivity index (χ0n) is 11.2. The molecule has 0 saturated heterocycles. The Balaban J connectivity index is 1.66. The van der Waals surface area contributed by atoms with Crippen LogP contribution < -0.4 is 4.74 Å². The highest BCUT2D eigenvalue weighted by Crippen LogP contribution is 2.34. The average Bonchev–Trinajstić information content (AvgIpc) is 2.74. The van der Waals surface area contributed by atoms with Crippen LogP contribution in [0.25, 0.3) is 0 Å². The minimum absolute atomic E-state index is 0.0721. The van der Waals surface area contributed by atoms with E-state index in [1.165, 1.54) is 11.1 Å². The van der Waals surface area contributed by atoms with Crippen LogP contribution in [0.2, 0.25) is 5.02 Å². The molecule has 3 nitrogen and oxygen atoms in total. The summed E-state index contributed by atoms with van der Waals surface area (Å²) in [5, 5.41) is 10.1. The summed E-state index contributed by atoms with van der Waals surface area (Å²) in [6, 6.07) is 4.02. The van der Waals surface area contributed by atoms with E-state index in [4.69, 9.17) is 16.3 Å². The summed E-state index contributed by atoms with van der Waals surface area (Å²) >= 11 is 6.17. The largest absolute Gasteiger partial charge is 0.493 e. The molecule has 2 aliphatic rings. The molecule has 1 aromatic rings. The van der Waals surface area contributed by atoms with E-state index in [0.717, 1.165) is 49.7 Å². The first-order valence-electron chi connectivity index (χ1n) is 6.92. The number of benzene rings is 1. The van der Waals surface area contributed by atoms with Gasteiger partial charge in [0.1, 0.15) is 5.75 Å². The highest BCUT2D eigenvalue weighted by molar-refractivity contribution is 6.30. The van der Waals surface area contributed by atoms with Crippen molar-refractivity contribution in [2.24, 2.45) is 5.92 Å². The fraction of sp³-hybridized carbons (Fsp3) is 0.600. The molecule has 104 valence electrons. The molecular formula is C15H20ClNO2. The second kappa shape index (κ2) is 5.31. The van der Waals surface area contributed by atoms with Crippen molar-refractivity contribution in [3.05, 3.63) is 28.3 Å². The summed E-state index contributed by atoms with van der Waals surface area (Å²) in [6.45, 7) is 2.65. The molecule has 0 aromatic heterocycles. The van der Waals surface area contributed by atoms with Gasteiger partial charge < -0.3 is 14.7 Å². The number of rotatable bonds is 4. The van der Waals surface area contributed by atoms with Gasteiger partial charge >= 0.3 is 0 Å². The summed E-state index contributed by atoms with van der Waals surface area (Å²) in [7, 11) is 2.12. The molecule has 0 unspecified atom stereocenters. The summed E-state index contributed by atoms with van der Waals surface area (Å²) in [4.78, 5) is 2.30. The number of nitrogens with zero attached hydrogens (tertiary/aromatic N) is 1. The van der Waals surface area contributed by atoms with Crippen LogP contribution in [0.3, 0.4) is 0 Å². The highest BCUT2D eigenvalue weighted by Gasteiger charge is 2.28. The van der Waals surface area contributed by atoms with Crippen molar-refractivity contribution in [3.63, 3.8) is 0 Å². The molecule has 1 N–H and O–H groups in total. The van der Waals surface area contributed by atoms with Gasteiger partial charge in [0.05, 0.1) is 12.7 Å². The summed E-state index contributed by atoms with van der Waals surface area (Å²) in [5.41, 5.74) is 2.41. The minimum Gasteiger partial charge on any atom is -0.493 e. The Hall–Kier alpha value is -0.770. The van der Waals surface area contributed by atoms with Crippen LogP contribution in [0, 0.1) is 5.92 Å². The number of hydrogen-bond donors (Lipinski definition) is 1. The third kappa shape index (κ3) is 2.88. The van der Waals surface area contributed by atoms with Crippen LogP contribution in [-0.4, -0.2) is 36.3 Å². The van der Waals surface area contributed by atoms with Gasteiger partial charge in [-0.25, -0.2) is 0 Å². The van der Waals surface area contributed by atoms with E-state index < -0.39 is 0 Å². The van der Waals surface area contributed by atoms with Crippen molar-refractivity contribution in [2.45, 2.75) is 31.9 Å². The highest BCUT2D eigenvalue weighted by atomic mass is 35.5. The normalized spacial score (nSPS) is 25.1. The smallest absolute Gasteiger partial charge is 0.127 e. The Labute approximate surface area is 119 Å². The molecule has 0 spiro atoms. The molecule has 1 aromatic carbocycles. The fourth-order valence-electron chi connectivity index (χ4n) is 3.11.